The largest absolute Gasteiger partial charge is 0.465 e. The van der Waals surface area contributed by atoms with Crippen LogP contribution in [0.1, 0.15) is 12.5 Å². The Balaban J connectivity index is 2.20. The molecule has 1 aromatic carbocycles. The summed E-state index contributed by atoms with van der Waals surface area (Å²) in [5, 5.41) is 4.84. The Bertz CT molecular complexity index is 460. The van der Waals surface area contributed by atoms with E-state index in [0.717, 1.165) is 5.56 Å². The summed E-state index contributed by atoms with van der Waals surface area (Å²) in [7, 11) is 0. The molecule has 108 valence electrons. The Hall–Kier alpha value is -2.37. The minimum absolute atomic E-state index is 0.162. The second-order valence-corrected chi connectivity index (χ2v) is 4.02. The highest BCUT2D eigenvalue weighted by Gasteiger charge is 2.08. The number of nitrogens with one attached hydrogen (secondary N) is 2. The number of hydrogen-bond acceptors (Lipinski definition) is 4. The fourth-order valence-electron chi connectivity index (χ4n) is 1.47. The number of carbonyl (C=O) groups excluding carboxylic acids is 3. The summed E-state index contributed by atoms with van der Waals surface area (Å²) < 4.78 is 4.66. The van der Waals surface area contributed by atoms with Crippen LogP contribution in [0.5, 0.6) is 0 Å². The van der Waals surface area contributed by atoms with Crippen LogP contribution in [0.2, 0.25) is 0 Å². The lowest BCUT2D eigenvalue weighted by atomic mass is 10.1. The van der Waals surface area contributed by atoms with E-state index in [2.05, 4.69) is 15.4 Å². The maximum atomic E-state index is 11.6. The standard InChI is InChI=1S/C14H18N2O4/c1-2-20-14(19)10-16-13(18)9-15-12(17)8-11-6-4-3-5-7-11/h3-7H,2,8-10H2,1H3,(H,15,17)(H,16,18). The van der Waals surface area contributed by atoms with Crippen LogP contribution in [0.15, 0.2) is 30.3 Å². The van der Waals surface area contributed by atoms with Crippen molar-refractivity contribution in [2.24, 2.45) is 0 Å². The third-order valence-corrected chi connectivity index (χ3v) is 2.39. The van der Waals surface area contributed by atoms with Crippen LogP contribution in [0.3, 0.4) is 0 Å². The number of ether oxygens (including phenoxy) is 1. The molecular formula is C14H18N2O4. The van der Waals surface area contributed by atoms with Gasteiger partial charge in [0.2, 0.25) is 11.8 Å². The molecule has 0 heterocycles. The first-order valence-electron chi connectivity index (χ1n) is 6.34. The van der Waals surface area contributed by atoms with Gasteiger partial charge in [0.05, 0.1) is 19.6 Å². The molecule has 6 heteroatoms. The van der Waals surface area contributed by atoms with Crippen LogP contribution in [-0.4, -0.2) is 37.5 Å². The van der Waals surface area contributed by atoms with E-state index in [1.807, 2.05) is 30.3 Å². The highest BCUT2D eigenvalue weighted by atomic mass is 16.5. The number of carbonyl (C=O) groups is 3. The fraction of sp³-hybridized carbons (Fsp3) is 0.357. The topological polar surface area (TPSA) is 84.5 Å². The number of esters is 1. The number of rotatable bonds is 7. The van der Waals surface area contributed by atoms with E-state index in [1.54, 1.807) is 6.92 Å². The molecule has 0 aromatic heterocycles. The Kier molecular flexibility index (Phi) is 6.81. The zero-order valence-electron chi connectivity index (χ0n) is 11.3. The van der Waals surface area contributed by atoms with E-state index < -0.39 is 11.9 Å². The molecule has 0 saturated carbocycles. The van der Waals surface area contributed by atoms with Gasteiger partial charge in [0.1, 0.15) is 6.54 Å². The predicted molar refractivity (Wildman–Crippen MR) is 72.8 cm³/mol. The van der Waals surface area contributed by atoms with E-state index in [9.17, 15) is 14.4 Å². The highest BCUT2D eigenvalue weighted by molar-refractivity contribution is 5.87. The smallest absolute Gasteiger partial charge is 0.325 e. The monoisotopic (exact) mass is 278 g/mol. The highest BCUT2D eigenvalue weighted by Crippen LogP contribution is 1.98. The second-order valence-electron chi connectivity index (χ2n) is 4.02. The molecule has 0 aliphatic carbocycles. The Morgan fingerprint density at radius 1 is 1.00 bits per heavy atom. The van der Waals surface area contributed by atoms with Crippen LogP contribution in [0.25, 0.3) is 0 Å². The van der Waals surface area contributed by atoms with Crippen molar-refractivity contribution in [2.75, 3.05) is 19.7 Å². The summed E-state index contributed by atoms with van der Waals surface area (Å²) in [5.41, 5.74) is 0.872. The van der Waals surface area contributed by atoms with Gasteiger partial charge < -0.3 is 15.4 Å². The van der Waals surface area contributed by atoms with Crippen molar-refractivity contribution < 1.29 is 19.1 Å². The number of benzene rings is 1. The van der Waals surface area contributed by atoms with E-state index in [4.69, 9.17) is 0 Å². The zero-order valence-corrected chi connectivity index (χ0v) is 11.3. The minimum Gasteiger partial charge on any atom is -0.465 e. The van der Waals surface area contributed by atoms with Gasteiger partial charge >= 0.3 is 5.97 Å². The Morgan fingerprint density at radius 3 is 2.30 bits per heavy atom. The molecule has 0 aliphatic heterocycles. The van der Waals surface area contributed by atoms with Crippen molar-refractivity contribution in [1.82, 2.24) is 10.6 Å². The van der Waals surface area contributed by atoms with Crippen LogP contribution < -0.4 is 10.6 Å². The summed E-state index contributed by atoms with van der Waals surface area (Å²) in [6.45, 7) is 1.60. The first kappa shape index (κ1) is 15.7. The van der Waals surface area contributed by atoms with Crippen LogP contribution in [0, 0.1) is 0 Å². The maximum Gasteiger partial charge on any atom is 0.325 e. The second kappa shape index (κ2) is 8.68. The van der Waals surface area contributed by atoms with Crippen LogP contribution >= 0.6 is 0 Å². The summed E-state index contributed by atoms with van der Waals surface area (Å²) in [6.07, 6.45) is 0.214. The predicted octanol–water partition coefficient (Wildman–Crippen LogP) is 0.0246. The van der Waals surface area contributed by atoms with Gasteiger partial charge in [-0.25, -0.2) is 0 Å². The van der Waals surface area contributed by atoms with Crippen molar-refractivity contribution in [3.05, 3.63) is 35.9 Å². The van der Waals surface area contributed by atoms with Gasteiger partial charge in [0.15, 0.2) is 0 Å². The Morgan fingerprint density at radius 2 is 1.65 bits per heavy atom. The molecular weight excluding hydrogens is 260 g/mol. The first-order valence-corrected chi connectivity index (χ1v) is 6.34. The third kappa shape index (κ3) is 6.53. The molecule has 0 unspecified atom stereocenters. The van der Waals surface area contributed by atoms with E-state index in [-0.39, 0.29) is 32.0 Å². The molecule has 0 bridgehead atoms. The van der Waals surface area contributed by atoms with Gasteiger partial charge in [-0.2, -0.15) is 0 Å². The first-order chi connectivity index (χ1) is 9.61. The Labute approximate surface area is 117 Å². The van der Waals surface area contributed by atoms with Gasteiger partial charge in [-0.15, -0.1) is 0 Å². The van der Waals surface area contributed by atoms with Gasteiger partial charge in [-0.05, 0) is 12.5 Å². The van der Waals surface area contributed by atoms with Crippen molar-refractivity contribution in [2.45, 2.75) is 13.3 Å². The third-order valence-electron chi connectivity index (χ3n) is 2.39. The molecule has 0 fully saturated rings. The molecule has 1 rings (SSSR count). The lowest BCUT2D eigenvalue weighted by molar-refractivity contribution is -0.143. The SMILES string of the molecule is CCOC(=O)CNC(=O)CNC(=O)Cc1ccccc1. The van der Waals surface area contributed by atoms with E-state index in [1.165, 1.54) is 0 Å². The summed E-state index contributed by atoms with van der Waals surface area (Å²) in [5.74, 6) is -1.18. The molecule has 6 nitrogen and oxygen atoms in total. The number of hydrogen-bond donors (Lipinski definition) is 2. The molecule has 1 aromatic rings. The van der Waals surface area contributed by atoms with E-state index >= 15 is 0 Å². The molecule has 0 saturated heterocycles. The molecule has 0 aliphatic rings. The molecule has 0 atom stereocenters. The summed E-state index contributed by atoms with van der Waals surface area (Å²) in [6, 6.07) is 9.22. The lowest BCUT2D eigenvalue weighted by Gasteiger charge is -2.06. The summed E-state index contributed by atoms with van der Waals surface area (Å²) in [4.78, 5) is 34.0. The fourth-order valence-corrected chi connectivity index (χ4v) is 1.47. The van der Waals surface area contributed by atoms with E-state index in [0.29, 0.717) is 0 Å². The van der Waals surface area contributed by atoms with Crippen LogP contribution in [0.4, 0.5) is 0 Å². The molecule has 0 radical (unpaired) electrons. The lowest BCUT2D eigenvalue weighted by Crippen LogP contribution is -2.39. The quantitative estimate of drug-likeness (QED) is 0.689. The van der Waals surface area contributed by atoms with Gasteiger partial charge in [0, 0.05) is 0 Å². The van der Waals surface area contributed by atoms with Crippen molar-refractivity contribution >= 4 is 17.8 Å². The maximum absolute atomic E-state index is 11.6. The van der Waals surface area contributed by atoms with Crippen molar-refractivity contribution in [1.29, 1.82) is 0 Å². The van der Waals surface area contributed by atoms with Crippen LogP contribution in [-0.2, 0) is 25.5 Å². The molecule has 2 amide bonds. The van der Waals surface area contributed by atoms with Crippen molar-refractivity contribution in [3.8, 4) is 0 Å². The molecule has 20 heavy (non-hydrogen) atoms. The normalized spacial score (nSPS) is 9.65. The van der Waals surface area contributed by atoms with Gasteiger partial charge in [0.25, 0.3) is 0 Å². The van der Waals surface area contributed by atoms with Gasteiger partial charge in [-0.3, -0.25) is 14.4 Å². The molecule has 2 N–H and O–H groups in total. The average molecular weight is 278 g/mol. The molecule has 0 spiro atoms. The summed E-state index contributed by atoms with van der Waals surface area (Å²) >= 11 is 0. The zero-order chi connectivity index (χ0) is 14.8. The van der Waals surface area contributed by atoms with Crippen molar-refractivity contribution in [3.63, 3.8) is 0 Å². The minimum atomic E-state index is -0.503. The average Bonchev–Trinajstić information content (AvgIpc) is 2.44. The van der Waals surface area contributed by atoms with Gasteiger partial charge in [-0.1, -0.05) is 30.3 Å². The number of amides is 2.